The van der Waals surface area contributed by atoms with Gasteiger partial charge in [0.15, 0.2) is 0 Å². The number of carbonyl (C=O) groups is 2. The van der Waals surface area contributed by atoms with Crippen LogP contribution in [-0.4, -0.2) is 47.1 Å². The van der Waals surface area contributed by atoms with Gasteiger partial charge in [-0.1, -0.05) is 12.1 Å². The summed E-state index contributed by atoms with van der Waals surface area (Å²) in [6, 6.07) is 7.58. The molecule has 2 aliphatic rings. The number of thiophene rings is 1. The fraction of sp³-hybridized carbons (Fsp3) is 0.429. The lowest BCUT2D eigenvalue weighted by Gasteiger charge is -2.35. The largest absolute Gasteiger partial charge is 0.391 e. The second kappa shape index (κ2) is 8.01. The van der Waals surface area contributed by atoms with Gasteiger partial charge in [-0.2, -0.15) is 11.3 Å². The summed E-state index contributed by atoms with van der Waals surface area (Å²) in [5, 5.41) is 17.1. The molecular weight excluding hydrogens is 379 g/mol. The number of halogens is 1. The first-order valence-electron chi connectivity index (χ1n) is 9.53. The molecule has 1 aliphatic heterocycles. The van der Waals surface area contributed by atoms with E-state index in [1.807, 2.05) is 10.3 Å². The number of likely N-dealkylation sites (tertiary alicyclic amines) is 1. The van der Waals surface area contributed by atoms with E-state index in [1.54, 1.807) is 23.6 Å². The number of hydrogen-bond acceptors (Lipinski definition) is 4. The third kappa shape index (κ3) is 4.10. The van der Waals surface area contributed by atoms with Crippen molar-refractivity contribution in [2.45, 2.75) is 31.4 Å². The van der Waals surface area contributed by atoms with Gasteiger partial charge < -0.3 is 15.3 Å². The number of carbonyl (C=O) groups excluding carboxylic acids is 2. The molecule has 1 aliphatic carbocycles. The molecule has 28 heavy (non-hydrogen) atoms. The number of rotatable bonds is 4. The molecule has 2 aromatic rings. The Kier molecular flexibility index (Phi) is 5.46. The van der Waals surface area contributed by atoms with Gasteiger partial charge >= 0.3 is 0 Å². The molecule has 1 aromatic heterocycles. The molecule has 4 rings (SSSR count). The Morgan fingerprint density at radius 1 is 1.21 bits per heavy atom. The van der Waals surface area contributed by atoms with Crippen LogP contribution >= 0.6 is 11.3 Å². The van der Waals surface area contributed by atoms with E-state index in [2.05, 4.69) is 5.32 Å². The first-order chi connectivity index (χ1) is 13.5. The van der Waals surface area contributed by atoms with Crippen LogP contribution in [0.15, 0.2) is 41.1 Å². The van der Waals surface area contributed by atoms with E-state index in [-0.39, 0.29) is 41.9 Å². The maximum Gasteiger partial charge on any atom is 0.252 e. The zero-order valence-corrected chi connectivity index (χ0v) is 16.2. The van der Waals surface area contributed by atoms with Crippen LogP contribution in [0.4, 0.5) is 4.39 Å². The number of nitrogens with zero attached hydrogens (tertiary/aromatic N) is 1. The molecular formula is C21H23FN2O3S. The quantitative estimate of drug-likeness (QED) is 0.826. The highest BCUT2D eigenvalue weighted by atomic mass is 32.1. The van der Waals surface area contributed by atoms with E-state index in [4.69, 9.17) is 0 Å². The summed E-state index contributed by atoms with van der Waals surface area (Å²) < 4.78 is 13.3. The van der Waals surface area contributed by atoms with Crippen LogP contribution in [-0.2, 0) is 11.2 Å². The summed E-state index contributed by atoms with van der Waals surface area (Å²) >= 11 is 1.46. The maximum absolute atomic E-state index is 13.3. The first-order valence-corrected chi connectivity index (χ1v) is 10.5. The lowest BCUT2D eigenvalue weighted by Crippen LogP contribution is -2.49. The third-order valence-corrected chi connectivity index (χ3v) is 6.52. The van der Waals surface area contributed by atoms with Gasteiger partial charge in [-0.3, -0.25) is 9.59 Å². The number of nitrogens with one attached hydrogen (secondary N) is 1. The number of fused-ring (bicyclic) bond motifs is 1. The van der Waals surface area contributed by atoms with E-state index in [0.29, 0.717) is 37.1 Å². The van der Waals surface area contributed by atoms with E-state index in [0.717, 1.165) is 0 Å². The van der Waals surface area contributed by atoms with E-state index in [1.165, 1.54) is 23.5 Å². The van der Waals surface area contributed by atoms with Crippen molar-refractivity contribution in [3.8, 4) is 0 Å². The molecule has 2 amide bonds. The molecule has 5 nitrogen and oxygen atoms in total. The second-order valence-electron chi connectivity index (χ2n) is 7.76. The Morgan fingerprint density at radius 2 is 2.00 bits per heavy atom. The lowest BCUT2D eigenvalue weighted by molar-refractivity contribution is -0.129. The van der Waals surface area contributed by atoms with Crippen LogP contribution in [0, 0.1) is 17.7 Å². The number of hydrogen-bond donors (Lipinski definition) is 2. The van der Waals surface area contributed by atoms with Gasteiger partial charge in [-0.15, -0.1) is 0 Å². The maximum atomic E-state index is 13.3. The molecule has 1 aromatic carbocycles. The fourth-order valence-corrected chi connectivity index (χ4v) is 5.00. The smallest absolute Gasteiger partial charge is 0.252 e. The monoisotopic (exact) mass is 402 g/mol. The summed E-state index contributed by atoms with van der Waals surface area (Å²) in [6.45, 7) is 1.23. The molecule has 0 radical (unpaired) electrons. The standard InChI is InChI=1S/C21H23FN2O3S/c22-17-3-1-2-13(6-17)7-20(26)24-10-15-8-18(19(25)9-16(15)11-24)23-21(27)14-4-5-28-12-14/h1-6,12,15-16,18-19,25H,7-11H2,(H,23,27)/t15-,16+,18-,19-/m0/s1. The van der Waals surface area contributed by atoms with Gasteiger partial charge in [-0.05, 0) is 53.8 Å². The van der Waals surface area contributed by atoms with Crippen molar-refractivity contribution < 1.29 is 19.1 Å². The Balaban J connectivity index is 1.36. The zero-order valence-electron chi connectivity index (χ0n) is 15.4. The van der Waals surface area contributed by atoms with Crippen molar-refractivity contribution in [2.75, 3.05) is 13.1 Å². The molecule has 0 spiro atoms. The summed E-state index contributed by atoms with van der Waals surface area (Å²) in [5.74, 6) is -0.0322. The second-order valence-corrected chi connectivity index (χ2v) is 8.54. The average molecular weight is 402 g/mol. The molecule has 2 N–H and O–H groups in total. The predicted octanol–water partition coefficient (Wildman–Crippen LogP) is 2.46. The van der Waals surface area contributed by atoms with Gasteiger partial charge in [0.2, 0.25) is 5.91 Å². The topological polar surface area (TPSA) is 69.6 Å². The summed E-state index contributed by atoms with van der Waals surface area (Å²) in [7, 11) is 0. The highest BCUT2D eigenvalue weighted by molar-refractivity contribution is 7.08. The molecule has 2 heterocycles. The predicted molar refractivity (Wildman–Crippen MR) is 104 cm³/mol. The van der Waals surface area contributed by atoms with Crippen molar-refractivity contribution >= 4 is 23.2 Å². The third-order valence-electron chi connectivity index (χ3n) is 5.84. The molecule has 2 fully saturated rings. The van der Waals surface area contributed by atoms with Gasteiger partial charge in [0.1, 0.15) is 5.82 Å². The van der Waals surface area contributed by atoms with E-state index >= 15 is 0 Å². The number of aliphatic hydroxyl groups excluding tert-OH is 1. The first kappa shape index (κ1) is 19.1. The summed E-state index contributed by atoms with van der Waals surface area (Å²) in [6.07, 6.45) is 0.800. The van der Waals surface area contributed by atoms with Gasteiger partial charge in [0.05, 0.1) is 18.6 Å². The van der Waals surface area contributed by atoms with E-state index in [9.17, 15) is 19.1 Å². The summed E-state index contributed by atoms with van der Waals surface area (Å²) in [5.41, 5.74) is 1.28. The van der Waals surface area contributed by atoms with E-state index < -0.39 is 6.10 Å². The van der Waals surface area contributed by atoms with Crippen LogP contribution in [0.1, 0.15) is 28.8 Å². The fourth-order valence-electron chi connectivity index (χ4n) is 4.37. The van der Waals surface area contributed by atoms with Crippen LogP contribution in [0.3, 0.4) is 0 Å². The van der Waals surface area contributed by atoms with Crippen molar-refractivity contribution in [2.24, 2.45) is 11.8 Å². The molecule has 1 saturated carbocycles. The minimum Gasteiger partial charge on any atom is -0.391 e. The molecule has 0 bridgehead atoms. The minimum absolute atomic E-state index is 0.0200. The van der Waals surface area contributed by atoms with Gasteiger partial charge in [0, 0.05) is 24.0 Å². The zero-order chi connectivity index (χ0) is 19.7. The number of benzene rings is 1. The Morgan fingerprint density at radius 3 is 2.71 bits per heavy atom. The number of aliphatic hydroxyl groups is 1. The van der Waals surface area contributed by atoms with Crippen LogP contribution in [0.25, 0.3) is 0 Å². The van der Waals surface area contributed by atoms with Crippen LogP contribution in [0.5, 0.6) is 0 Å². The van der Waals surface area contributed by atoms with Crippen molar-refractivity contribution in [3.63, 3.8) is 0 Å². The van der Waals surface area contributed by atoms with Crippen molar-refractivity contribution in [3.05, 3.63) is 58.0 Å². The molecule has 4 atom stereocenters. The molecule has 7 heteroatoms. The van der Waals surface area contributed by atoms with Crippen LogP contribution in [0.2, 0.25) is 0 Å². The Hall–Kier alpha value is -2.25. The molecule has 0 unspecified atom stereocenters. The van der Waals surface area contributed by atoms with Gasteiger partial charge in [0.25, 0.3) is 5.91 Å². The lowest BCUT2D eigenvalue weighted by atomic mass is 9.77. The normalized spacial score (nSPS) is 26.7. The SMILES string of the molecule is O=C(N[C@H]1C[C@H]2CN(C(=O)Cc3cccc(F)c3)C[C@H]2C[C@@H]1O)c1ccsc1. The van der Waals surface area contributed by atoms with Gasteiger partial charge in [-0.25, -0.2) is 4.39 Å². The van der Waals surface area contributed by atoms with Crippen molar-refractivity contribution in [1.82, 2.24) is 10.2 Å². The number of amides is 2. The highest BCUT2D eigenvalue weighted by Gasteiger charge is 2.43. The van der Waals surface area contributed by atoms with Crippen LogP contribution < -0.4 is 5.32 Å². The van der Waals surface area contributed by atoms with Crippen molar-refractivity contribution in [1.29, 1.82) is 0 Å². The minimum atomic E-state index is -0.609. The summed E-state index contributed by atoms with van der Waals surface area (Å²) in [4.78, 5) is 26.8. The molecule has 1 saturated heterocycles. The molecule has 148 valence electrons. The Bertz CT molecular complexity index is 857. The highest BCUT2D eigenvalue weighted by Crippen LogP contribution is 2.37. The Labute approximate surface area is 167 Å². The average Bonchev–Trinajstić information content (AvgIpc) is 3.31.